The van der Waals surface area contributed by atoms with E-state index >= 15 is 0 Å². The molecule has 1 atom stereocenters. The van der Waals surface area contributed by atoms with Crippen molar-refractivity contribution in [3.63, 3.8) is 0 Å². The minimum absolute atomic E-state index is 0.236. The van der Waals surface area contributed by atoms with Gasteiger partial charge in [0.25, 0.3) is 5.91 Å². The molecule has 3 aromatic carbocycles. The van der Waals surface area contributed by atoms with E-state index < -0.39 is 20.9 Å². The Labute approximate surface area is 220 Å². The van der Waals surface area contributed by atoms with Crippen molar-refractivity contribution in [3.8, 4) is 16.9 Å². The second-order valence-electron chi connectivity index (χ2n) is 6.72. The van der Waals surface area contributed by atoms with E-state index in [-0.39, 0.29) is 5.75 Å². The average molecular weight is 608 g/mol. The van der Waals surface area contributed by atoms with Crippen LogP contribution in [-0.2, 0) is 0 Å². The molecule has 1 unspecified atom stereocenters. The summed E-state index contributed by atoms with van der Waals surface area (Å²) in [6.45, 7) is 0. The number of hydrogen-bond donors (Lipinski definition) is 1. The molecule has 4 aromatic rings. The third kappa shape index (κ3) is 5.50. The Morgan fingerprint density at radius 2 is 1.76 bits per heavy atom. The first-order chi connectivity index (χ1) is 15.6. The predicted molar refractivity (Wildman–Crippen MR) is 137 cm³/mol. The first-order valence-electron chi connectivity index (χ1n) is 9.25. The van der Waals surface area contributed by atoms with Gasteiger partial charge in [0.1, 0.15) is 11.3 Å². The lowest BCUT2D eigenvalue weighted by Gasteiger charge is -2.27. The summed E-state index contributed by atoms with van der Waals surface area (Å²) in [7, 11) is 0. The molecule has 170 valence electrons. The van der Waals surface area contributed by atoms with Gasteiger partial charge in [0.2, 0.25) is 10.0 Å². The van der Waals surface area contributed by atoms with Crippen molar-refractivity contribution in [2.75, 3.05) is 0 Å². The van der Waals surface area contributed by atoms with Gasteiger partial charge in [-0.1, -0.05) is 91.9 Å². The molecule has 0 bridgehead atoms. The van der Waals surface area contributed by atoms with Gasteiger partial charge in [-0.3, -0.25) is 4.79 Å². The summed E-state index contributed by atoms with van der Waals surface area (Å²) >= 11 is 29.1. The van der Waals surface area contributed by atoms with E-state index in [4.69, 9.17) is 55.6 Å². The molecule has 11 heteroatoms. The van der Waals surface area contributed by atoms with E-state index in [1.54, 1.807) is 60.7 Å². The fourth-order valence-corrected chi connectivity index (χ4v) is 4.66. The number of amides is 1. The maximum Gasteiger partial charge on any atom is 0.396 e. The normalized spacial score (nSPS) is 12.5. The van der Waals surface area contributed by atoms with Gasteiger partial charge in [0, 0.05) is 26.2 Å². The molecule has 33 heavy (non-hydrogen) atoms. The fourth-order valence-electron chi connectivity index (χ4n) is 3.05. The molecule has 1 amide bonds. The second kappa shape index (κ2) is 9.86. The third-order valence-corrected chi connectivity index (χ3v) is 6.83. The zero-order valence-corrected chi connectivity index (χ0v) is 21.7. The monoisotopic (exact) mass is 605 g/mol. The lowest BCUT2D eigenvalue weighted by molar-refractivity contribution is 0.0834. The average Bonchev–Trinajstić information content (AvgIpc) is 3.14. The molecule has 0 spiro atoms. The second-order valence-corrected chi connectivity index (χ2v) is 11.4. The SMILES string of the molecule is O=C(NC(Oc1ccc2oc(=O)sc2c1-c1ccccc1Cl)C(Cl)(Cl)Cl)c1ccc(Br)cc1. The largest absolute Gasteiger partial charge is 0.465 e. The van der Waals surface area contributed by atoms with Crippen molar-refractivity contribution < 1.29 is 13.9 Å². The van der Waals surface area contributed by atoms with Gasteiger partial charge in [0.15, 0.2) is 0 Å². The van der Waals surface area contributed by atoms with Gasteiger partial charge in [-0.2, -0.15) is 0 Å². The highest BCUT2D eigenvalue weighted by atomic mass is 79.9. The van der Waals surface area contributed by atoms with E-state index in [2.05, 4.69) is 21.2 Å². The summed E-state index contributed by atoms with van der Waals surface area (Å²) in [5, 5.41) is 3.02. The molecule has 0 saturated carbocycles. The topological polar surface area (TPSA) is 68.5 Å². The van der Waals surface area contributed by atoms with E-state index in [0.717, 1.165) is 15.8 Å². The van der Waals surface area contributed by atoms with Gasteiger partial charge >= 0.3 is 4.94 Å². The molecule has 0 fully saturated rings. The summed E-state index contributed by atoms with van der Waals surface area (Å²) in [6, 6.07) is 16.8. The number of alkyl halides is 3. The predicted octanol–water partition coefficient (Wildman–Crippen LogP) is 7.44. The zero-order valence-electron chi connectivity index (χ0n) is 16.3. The number of fused-ring (bicyclic) bond motifs is 1. The summed E-state index contributed by atoms with van der Waals surface area (Å²) in [6.07, 6.45) is -1.37. The Hall–Kier alpha value is -1.74. The molecule has 0 radical (unpaired) electrons. The molecular weight excluding hydrogens is 596 g/mol. The first-order valence-corrected chi connectivity index (χ1v) is 12.4. The molecule has 1 heterocycles. The van der Waals surface area contributed by atoms with Crippen molar-refractivity contribution in [2.24, 2.45) is 0 Å². The van der Waals surface area contributed by atoms with Gasteiger partial charge in [-0.25, -0.2) is 4.79 Å². The number of carbonyl (C=O) groups is 1. The van der Waals surface area contributed by atoms with Crippen LogP contribution in [0.3, 0.4) is 0 Å². The quantitative estimate of drug-likeness (QED) is 0.189. The van der Waals surface area contributed by atoms with Crippen LogP contribution in [-0.4, -0.2) is 15.9 Å². The van der Waals surface area contributed by atoms with E-state index in [1.807, 2.05) is 0 Å². The van der Waals surface area contributed by atoms with Gasteiger partial charge < -0.3 is 14.5 Å². The maximum atomic E-state index is 12.8. The summed E-state index contributed by atoms with van der Waals surface area (Å²) in [5.74, 6) is -0.271. The summed E-state index contributed by atoms with van der Waals surface area (Å²) < 4.78 is 10.6. The number of carbonyl (C=O) groups excluding carboxylic acids is 1. The van der Waals surface area contributed by atoms with Crippen LogP contribution in [0.1, 0.15) is 10.4 Å². The van der Waals surface area contributed by atoms with Crippen LogP contribution in [0.2, 0.25) is 5.02 Å². The van der Waals surface area contributed by atoms with Gasteiger partial charge in [-0.05, 0) is 42.5 Å². The number of rotatable bonds is 5. The van der Waals surface area contributed by atoms with Gasteiger partial charge in [0.05, 0.1) is 4.70 Å². The number of nitrogens with one attached hydrogen (secondary N) is 1. The highest BCUT2D eigenvalue weighted by Crippen LogP contribution is 2.43. The zero-order chi connectivity index (χ0) is 23.8. The van der Waals surface area contributed by atoms with Crippen molar-refractivity contribution in [3.05, 3.63) is 85.5 Å². The lowest BCUT2D eigenvalue weighted by Crippen LogP contribution is -2.47. The molecule has 0 aliphatic rings. The Kier molecular flexibility index (Phi) is 7.29. The van der Waals surface area contributed by atoms with Crippen molar-refractivity contribution >= 4 is 89.9 Å². The fraction of sp³-hybridized carbons (Fsp3) is 0.0909. The first kappa shape index (κ1) is 24.4. The molecular formula is C22H12BrCl4NO4S. The Balaban J connectivity index is 1.77. The molecule has 4 rings (SSSR count). The lowest BCUT2D eigenvalue weighted by atomic mass is 10.0. The number of benzene rings is 3. The van der Waals surface area contributed by atoms with Crippen molar-refractivity contribution in [2.45, 2.75) is 10.0 Å². The minimum atomic E-state index is -2.03. The van der Waals surface area contributed by atoms with Crippen molar-refractivity contribution in [1.29, 1.82) is 0 Å². The summed E-state index contributed by atoms with van der Waals surface area (Å²) in [5.41, 5.74) is 1.76. The Morgan fingerprint density at radius 1 is 1.06 bits per heavy atom. The van der Waals surface area contributed by atoms with Crippen LogP contribution in [0.15, 0.2) is 74.3 Å². The van der Waals surface area contributed by atoms with E-state index in [0.29, 0.717) is 32.0 Å². The van der Waals surface area contributed by atoms with Crippen molar-refractivity contribution in [1.82, 2.24) is 5.32 Å². The molecule has 0 aliphatic carbocycles. The van der Waals surface area contributed by atoms with Gasteiger partial charge in [-0.15, -0.1) is 0 Å². The molecule has 1 N–H and O–H groups in total. The number of halogens is 5. The Morgan fingerprint density at radius 3 is 2.42 bits per heavy atom. The van der Waals surface area contributed by atoms with E-state index in [9.17, 15) is 9.59 Å². The molecule has 0 aliphatic heterocycles. The van der Waals surface area contributed by atoms with Crippen LogP contribution in [0.25, 0.3) is 21.4 Å². The minimum Gasteiger partial charge on any atom is -0.465 e. The molecule has 1 aromatic heterocycles. The van der Waals surface area contributed by atoms with Crippen LogP contribution in [0, 0.1) is 0 Å². The third-order valence-electron chi connectivity index (χ3n) is 4.52. The summed E-state index contributed by atoms with van der Waals surface area (Å²) in [4.78, 5) is 24.2. The van der Waals surface area contributed by atoms with Crippen LogP contribution < -0.4 is 15.0 Å². The standard InChI is InChI=1S/C22H12BrCl4NO4S/c23-12-7-5-11(6-8-12)19(29)28-20(22(25,26)27)31-15-9-10-16-18(33-21(30)32-16)17(15)13-3-1-2-4-14(13)24/h1-10,20H,(H,28,29). The van der Waals surface area contributed by atoms with E-state index in [1.165, 1.54) is 0 Å². The van der Waals surface area contributed by atoms with Crippen LogP contribution >= 0.6 is 73.7 Å². The molecule has 0 saturated heterocycles. The number of hydrogen-bond acceptors (Lipinski definition) is 5. The highest BCUT2D eigenvalue weighted by Gasteiger charge is 2.37. The van der Waals surface area contributed by atoms with Crippen LogP contribution in [0.4, 0.5) is 0 Å². The smallest absolute Gasteiger partial charge is 0.396 e. The maximum absolute atomic E-state index is 12.8. The highest BCUT2D eigenvalue weighted by molar-refractivity contribution is 9.10. The number of ether oxygens (including phenoxy) is 1. The van der Waals surface area contributed by atoms with Crippen LogP contribution in [0.5, 0.6) is 5.75 Å². The molecule has 5 nitrogen and oxygen atoms in total. The Bertz CT molecular complexity index is 1380.